The molecule has 1 heterocycles. The van der Waals surface area contributed by atoms with Crippen molar-refractivity contribution in [1.29, 1.82) is 0 Å². The first kappa shape index (κ1) is 17.8. The minimum Gasteiger partial charge on any atom is -0.341 e. The van der Waals surface area contributed by atoms with Crippen LogP contribution in [0.5, 0.6) is 0 Å². The van der Waals surface area contributed by atoms with Gasteiger partial charge in [0.15, 0.2) is 0 Å². The second kappa shape index (κ2) is 8.90. The summed E-state index contributed by atoms with van der Waals surface area (Å²) in [7, 11) is 0. The second-order valence-electron chi connectivity index (χ2n) is 6.01. The molecule has 1 aliphatic rings. The molecule has 124 valence electrons. The Morgan fingerprint density at radius 1 is 1.00 bits per heavy atom. The van der Waals surface area contributed by atoms with Gasteiger partial charge in [0, 0.05) is 32.6 Å². The first-order valence-corrected chi connectivity index (χ1v) is 8.30. The summed E-state index contributed by atoms with van der Waals surface area (Å²) in [4.78, 5) is 14.0. The van der Waals surface area contributed by atoms with E-state index in [1.165, 1.54) is 22.8 Å². The molecule has 1 saturated heterocycles. The third-order valence-electron chi connectivity index (χ3n) is 4.43. The molecule has 0 bridgehead atoms. The highest BCUT2D eigenvalue weighted by atomic mass is 35.5. The summed E-state index contributed by atoms with van der Waals surface area (Å²) in [6, 6.07) is 14.9. The largest absolute Gasteiger partial charge is 0.341 e. The van der Waals surface area contributed by atoms with E-state index in [1.807, 2.05) is 4.90 Å². The Morgan fingerprint density at radius 3 is 2.74 bits per heavy atom. The molecular formula is C19H25ClN2O. The van der Waals surface area contributed by atoms with Gasteiger partial charge in [0.2, 0.25) is 5.91 Å². The van der Waals surface area contributed by atoms with E-state index >= 15 is 0 Å². The number of carbonyl (C=O) groups is 1. The van der Waals surface area contributed by atoms with Crippen molar-refractivity contribution in [2.24, 2.45) is 0 Å². The Balaban J connectivity index is 0.00000192. The van der Waals surface area contributed by atoms with Crippen LogP contribution in [0.15, 0.2) is 42.5 Å². The van der Waals surface area contributed by atoms with E-state index in [0.29, 0.717) is 5.91 Å². The van der Waals surface area contributed by atoms with Crippen LogP contribution in [0.2, 0.25) is 0 Å². The lowest BCUT2D eigenvalue weighted by Gasteiger charge is -2.20. The van der Waals surface area contributed by atoms with E-state index in [2.05, 4.69) is 47.8 Å². The van der Waals surface area contributed by atoms with E-state index in [1.54, 1.807) is 0 Å². The zero-order valence-electron chi connectivity index (χ0n) is 13.5. The molecule has 2 aromatic carbocycles. The van der Waals surface area contributed by atoms with Crippen molar-refractivity contribution in [3.05, 3.63) is 48.0 Å². The molecule has 0 atom stereocenters. The molecule has 0 radical (unpaired) electrons. The van der Waals surface area contributed by atoms with E-state index in [4.69, 9.17) is 0 Å². The number of hydrogen-bond donors (Lipinski definition) is 1. The predicted molar refractivity (Wildman–Crippen MR) is 98.0 cm³/mol. The smallest absolute Gasteiger partial charge is 0.222 e. The molecule has 0 unspecified atom stereocenters. The average Bonchev–Trinajstić information content (AvgIpc) is 2.76. The standard InChI is InChI=1S/C19H24N2O.ClH/c22-19-11-2-1-5-13-21(19)14-12-20-15-17-9-6-8-16-7-3-4-10-18(16)17;/h3-4,6-10,20H,1-2,5,11-15H2;1H. The highest BCUT2D eigenvalue weighted by molar-refractivity contribution is 5.86. The average molecular weight is 333 g/mol. The predicted octanol–water partition coefficient (Wildman–Crippen LogP) is 3.75. The topological polar surface area (TPSA) is 32.3 Å². The number of nitrogens with zero attached hydrogens (tertiary/aromatic N) is 1. The van der Waals surface area contributed by atoms with E-state index in [0.717, 1.165) is 45.4 Å². The molecule has 2 aromatic rings. The van der Waals surface area contributed by atoms with Crippen molar-refractivity contribution in [2.45, 2.75) is 32.2 Å². The number of rotatable bonds is 5. The number of fused-ring (bicyclic) bond motifs is 1. The van der Waals surface area contributed by atoms with Gasteiger partial charge in [-0.1, -0.05) is 48.9 Å². The van der Waals surface area contributed by atoms with Crippen molar-refractivity contribution in [3.8, 4) is 0 Å². The van der Waals surface area contributed by atoms with Crippen molar-refractivity contribution >= 4 is 29.1 Å². The van der Waals surface area contributed by atoms with Crippen molar-refractivity contribution in [1.82, 2.24) is 10.2 Å². The summed E-state index contributed by atoms with van der Waals surface area (Å²) < 4.78 is 0. The van der Waals surface area contributed by atoms with E-state index in [-0.39, 0.29) is 12.4 Å². The number of hydrogen-bond acceptors (Lipinski definition) is 2. The van der Waals surface area contributed by atoms with Gasteiger partial charge in [0.25, 0.3) is 0 Å². The maximum Gasteiger partial charge on any atom is 0.222 e. The lowest BCUT2D eigenvalue weighted by molar-refractivity contribution is -0.130. The number of carbonyl (C=O) groups excluding carboxylic acids is 1. The van der Waals surface area contributed by atoms with Gasteiger partial charge in [-0.15, -0.1) is 12.4 Å². The van der Waals surface area contributed by atoms with Crippen LogP contribution in [0, 0.1) is 0 Å². The van der Waals surface area contributed by atoms with E-state index in [9.17, 15) is 4.79 Å². The highest BCUT2D eigenvalue weighted by Gasteiger charge is 2.15. The molecule has 3 rings (SSSR count). The van der Waals surface area contributed by atoms with Crippen LogP contribution >= 0.6 is 12.4 Å². The second-order valence-corrected chi connectivity index (χ2v) is 6.01. The van der Waals surface area contributed by atoms with Gasteiger partial charge in [-0.2, -0.15) is 0 Å². The molecule has 4 heteroatoms. The van der Waals surface area contributed by atoms with Crippen molar-refractivity contribution in [3.63, 3.8) is 0 Å². The van der Waals surface area contributed by atoms with Gasteiger partial charge < -0.3 is 10.2 Å². The van der Waals surface area contributed by atoms with Crippen molar-refractivity contribution in [2.75, 3.05) is 19.6 Å². The monoisotopic (exact) mass is 332 g/mol. The Kier molecular flexibility index (Phi) is 6.87. The van der Waals surface area contributed by atoms with Gasteiger partial charge in [0.1, 0.15) is 0 Å². The summed E-state index contributed by atoms with van der Waals surface area (Å²) in [5, 5.41) is 6.08. The van der Waals surface area contributed by atoms with Gasteiger partial charge in [-0.25, -0.2) is 0 Å². The molecule has 0 spiro atoms. The first-order valence-electron chi connectivity index (χ1n) is 8.30. The Morgan fingerprint density at radius 2 is 1.83 bits per heavy atom. The number of benzene rings is 2. The van der Waals surface area contributed by atoms with Gasteiger partial charge >= 0.3 is 0 Å². The molecule has 0 aliphatic carbocycles. The van der Waals surface area contributed by atoms with Gasteiger partial charge in [0.05, 0.1) is 0 Å². The Labute approximate surface area is 144 Å². The molecule has 1 amide bonds. The number of amides is 1. The zero-order chi connectivity index (χ0) is 15.2. The fourth-order valence-corrected chi connectivity index (χ4v) is 3.16. The van der Waals surface area contributed by atoms with Gasteiger partial charge in [-0.05, 0) is 29.2 Å². The Bertz CT molecular complexity index is 639. The third kappa shape index (κ3) is 4.69. The van der Waals surface area contributed by atoms with Crippen LogP contribution in [-0.2, 0) is 11.3 Å². The van der Waals surface area contributed by atoms with Crippen molar-refractivity contribution < 1.29 is 4.79 Å². The molecule has 3 nitrogen and oxygen atoms in total. The van der Waals surface area contributed by atoms with Crippen LogP contribution < -0.4 is 5.32 Å². The molecule has 1 aliphatic heterocycles. The minimum atomic E-state index is 0. The van der Waals surface area contributed by atoms with Crippen LogP contribution in [0.3, 0.4) is 0 Å². The van der Waals surface area contributed by atoms with Crippen LogP contribution in [0.25, 0.3) is 10.8 Å². The quantitative estimate of drug-likeness (QED) is 0.846. The third-order valence-corrected chi connectivity index (χ3v) is 4.43. The van der Waals surface area contributed by atoms with Crippen LogP contribution in [-0.4, -0.2) is 30.4 Å². The number of likely N-dealkylation sites (tertiary alicyclic amines) is 1. The lowest BCUT2D eigenvalue weighted by atomic mass is 10.0. The van der Waals surface area contributed by atoms with E-state index < -0.39 is 0 Å². The van der Waals surface area contributed by atoms with Gasteiger partial charge in [-0.3, -0.25) is 4.79 Å². The SMILES string of the molecule is Cl.O=C1CCCCCN1CCNCc1cccc2ccccc12. The fraction of sp³-hybridized carbons (Fsp3) is 0.421. The Hall–Kier alpha value is -1.58. The maximum absolute atomic E-state index is 12.0. The highest BCUT2D eigenvalue weighted by Crippen LogP contribution is 2.18. The summed E-state index contributed by atoms with van der Waals surface area (Å²) in [5.41, 5.74) is 1.32. The molecule has 23 heavy (non-hydrogen) atoms. The molecule has 0 aromatic heterocycles. The normalized spacial score (nSPS) is 15.3. The summed E-state index contributed by atoms with van der Waals surface area (Å²) in [6.45, 7) is 3.46. The molecule has 1 fully saturated rings. The summed E-state index contributed by atoms with van der Waals surface area (Å²) in [6.07, 6.45) is 4.11. The minimum absolute atomic E-state index is 0. The summed E-state index contributed by atoms with van der Waals surface area (Å²) >= 11 is 0. The molecule has 1 N–H and O–H groups in total. The number of halogens is 1. The molecular weight excluding hydrogens is 308 g/mol. The molecule has 0 saturated carbocycles. The van der Waals surface area contributed by atoms with Crippen LogP contribution in [0.1, 0.15) is 31.2 Å². The fourth-order valence-electron chi connectivity index (χ4n) is 3.16. The first-order chi connectivity index (χ1) is 10.8. The number of nitrogens with one attached hydrogen (secondary N) is 1. The summed E-state index contributed by atoms with van der Waals surface area (Å²) in [5.74, 6) is 0.324. The van der Waals surface area contributed by atoms with Crippen LogP contribution in [0.4, 0.5) is 0 Å². The maximum atomic E-state index is 12.0. The lowest BCUT2D eigenvalue weighted by Crippen LogP contribution is -2.36. The zero-order valence-corrected chi connectivity index (χ0v) is 14.3.